The van der Waals surface area contributed by atoms with Crippen molar-refractivity contribution in [3.05, 3.63) is 161 Å². The zero-order valence-corrected chi connectivity index (χ0v) is 42.0. The molecule has 0 atom stereocenters. The van der Waals surface area contributed by atoms with E-state index in [1.165, 1.54) is 61.4 Å². The number of aryl methyl sites for hydroxylation is 1. The van der Waals surface area contributed by atoms with Crippen LogP contribution in [0.1, 0.15) is 137 Å². The van der Waals surface area contributed by atoms with E-state index in [4.69, 9.17) is 4.98 Å². The largest absolute Gasteiger partial charge is 0.311 e. The van der Waals surface area contributed by atoms with Crippen molar-refractivity contribution in [1.29, 1.82) is 0 Å². The van der Waals surface area contributed by atoms with E-state index < -0.39 is 0 Å². The molecule has 2 aliphatic rings. The van der Waals surface area contributed by atoms with Crippen LogP contribution < -0.4 is 26.3 Å². The van der Waals surface area contributed by atoms with Crippen LogP contribution in [0.3, 0.4) is 0 Å². The van der Waals surface area contributed by atoms with Crippen molar-refractivity contribution in [1.82, 2.24) is 9.55 Å². The normalized spacial score (nSPS) is 14.1. The van der Waals surface area contributed by atoms with Crippen molar-refractivity contribution in [3.63, 3.8) is 0 Å². The molecule has 5 heteroatoms. The van der Waals surface area contributed by atoms with E-state index >= 15 is 0 Å². The summed E-state index contributed by atoms with van der Waals surface area (Å²) in [5.41, 5.74) is 19.3. The summed E-state index contributed by atoms with van der Waals surface area (Å²) in [6.45, 7) is 36.9. The molecule has 2 aliphatic heterocycles. The zero-order valence-electron chi connectivity index (χ0n) is 42.0. The van der Waals surface area contributed by atoms with Crippen molar-refractivity contribution in [2.24, 2.45) is 0 Å². The van der Waals surface area contributed by atoms with E-state index in [1.807, 2.05) is 0 Å². The maximum absolute atomic E-state index is 5.99. The molecular formula is C60H69BN4. The van der Waals surface area contributed by atoms with Gasteiger partial charge in [0.25, 0.3) is 6.71 Å². The van der Waals surface area contributed by atoms with Crippen molar-refractivity contribution in [3.8, 4) is 17.1 Å². The van der Waals surface area contributed by atoms with Crippen LogP contribution in [0.15, 0.2) is 127 Å². The molecule has 4 nitrogen and oxygen atoms in total. The summed E-state index contributed by atoms with van der Waals surface area (Å²) in [5, 5.41) is 0. The lowest BCUT2D eigenvalue weighted by atomic mass is 9.35. The highest BCUT2D eigenvalue weighted by molar-refractivity contribution is 7.00. The summed E-state index contributed by atoms with van der Waals surface area (Å²) < 4.78 is 2.46. The molecule has 0 aliphatic carbocycles. The molecule has 0 saturated heterocycles. The number of para-hydroxylation sites is 1. The molecule has 1 aromatic heterocycles. The molecule has 332 valence electrons. The van der Waals surface area contributed by atoms with Gasteiger partial charge in [-0.15, -0.1) is 0 Å². The van der Waals surface area contributed by atoms with Gasteiger partial charge in [0.2, 0.25) is 0 Å². The summed E-state index contributed by atoms with van der Waals surface area (Å²) in [4.78, 5) is 11.1. The van der Waals surface area contributed by atoms with Crippen LogP contribution in [0.4, 0.5) is 34.3 Å². The molecule has 0 fully saturated rings. The molecule has 7 aromatic rings. The quantitative estimate of drug-likeness (QED) is 0.165. The summed E-state index contributed by atoms with van der Waals surface area (Å²) >= 11 is 0. The molecule has 0 bridgehead atoms. The third-order valence-electron chi connectivity index (χ3n) is 13.8. The van der Waals surface area contributed by atoms with Crippen molar-refractivity contribution in [2.75, 3.05) is 9.80 Å². The third-order valence-corrected chi connectivity index (χ3v) is 13.8. The first-order valence-electron chi connectivity index (χ1n) is 23.8. The average Bonchev–Trinajstić information content (AvgIpc) is 3.62. The second kappa shape index (κ2) is 15.1. The minimum atomic E-state index is -0.139. The number of imidazole rings is 1. The highest BCUT2D eigenvalue weighted by Gasteiger charge is 2.47. The Morgan fingerprint density at radius 3 is 1.43 bits per heavy atom. The predicted molar refractivity (Wildman–Crippen MR) is 281 cm³/mol. The summed E-state index contributed by atoms with van der Waals surface area (Å²) in [6.07, 6.45) is 0. The van der Waals surface area contributed by atoms with Crippen LogP contribution in [0.2, 0.25) is 0 Å². The number of fused-ring (bicyclic) bond motifs is 4. The minimum absolute atomic E-state index is 0.0255. The van der Waals surface area contributed by atoms with Crippen molar-refractivity contribution in [2.45, 2.75) is 138 Å². The summed E-state index contributed by atoms with van der Waals surface area (Å²) in [5.74, 6) is 2.02. The monoisotopic (exact) mass is 857 g/mol. The second-order valence-corrected chi connectivity index (χ2v) is 24.1. The first-order chi connectivity index (χ1) is 30.3. The molecular weight excluding hydrogens is 787 g/mol. The van der Waals surface area contributed by atoms with Crippen LogP contribution in [0.5, 0.6) is 0 Å². The van der Waals surface area contributed by atoms with Gasteiger partial charge >= 0.3 is 0 Å². The van der Waals surface area contributed by atoms with Gasteiger partial charge in [0.05, 0.1) is 5.59 Å². The molecule has 9 rings (SSSR count). The topological polar surface area (TPSA) is 24.3 Å². The smallest absolute Gasteiger partial charge is 0.277 e. The third kappa shape index (κ3) is 7.83. The first kappa shape index (κ1) is 44.4. The number of aromatic nitrogens is 2. The predicted octanol–water partition coefficient (Wildman–Crippen LogP) is 14.4. The Morgan fingerprint density at radius 1 is 0.415 bits per heavy atom. The number of rotatable bonds is 4. The van der Waals surface area contributed by atoms with Crippen molar-refractivity contribution < 1.29 is 0 Å². The highest BCUT2D eigenvalue weighted by Crippen LogP contribution is 2.48. The summed E-state index contributed by atoms with van der Waals surface area (Å²) in [7, 11) is 0. The lowest BCUT2D eigenvalue weighted by Gasteiger charge is -2.44. The Balaban J connectivity index is 1.45. The van der Waals surface area contributed by atoms with Gasteiger partial charge in [0, 0.05) is 39.7 Å². The van der Waals surface area contributed by atoms with E-state index in [0.29, 0.717) is 0 Å². The van der Waals surface area contributed by atoms with Crippen LogP contribution >= 0.6 is 0 Å². The molecule has 0 amide bonds. The molecule has 0 spiro atoms. The van der Waals surface area contributed by atoms with E-state index in [-0.39, 0.29) is 33.8 Å². The fourth-order valence-electron chi connectivity index (χ4n) is 9.79. The molecule has 0 radical (unpaired) electrons. The van der Waals surface area contributed by atoms with E-state index in [1.54, 1.807) is 0 Å². The number of anilines is 6. The Hall–Kier alpha value is -5.81. The fraction of sp³-hybridized carbons (Fsp3) is 0.350. The molecule has 0 unspecified atom stereocenters. The molecule has 6 aromatic carbocycles. The Bertz CT molecular complexity index is 2900. The van der Waals surface area contributed by atoms with Gasteiger partial charge in [-0.2, -0.15) is 0 Å². The standard InChI is InChI=1S/C60H69BN4/c1-38-32-50-52-51(33-38)64(47-35-43(59(11,12)13)34-44(36-47)60(14,15)16)55-53(62-54(65(55)45-20-18-17-19-21-45)39-22-24-40(25-23-39)56(2,3)4)61(52)48-37-42(58(8,9)10)28-31-49(48)63(50)46-29-26-41(27-30-46)57(5,6)7/h17-37H,1-16H3. The maximum Gasteiger partial charge on any atom is 0.277 e. The highest BCUT2D eigenvalue weighted by atomic mass is 15.3. The van der Waals surface area contributed by atoms with Gasteiger partial charge in [-0.1, -0.05) is 177 Å². The molecule has 0 N–H and O–H groups in total. The number of hydrogen-bond acceptors (Lipinski definition) is 3. The van der Waals surface area contributed by atoms with Crippen LogP contribution in [0.25, 0.3) is 17.1 Å². The SMILES string of the molecule is Cc1cc2c3c(c1)N(c1cc(C(C)(C)C)cc(C(C)(C)C)c1)c1c(nc(-c4ccc(C(C)(C)C)cc4)n1-c1ccccc1)B3c1cc(C(C)(C)C)ccc1N2c1ccc(C(C)(C)C)cc1. The van der Waals surface area contributed by atoms with Gasteiger partial charge < -0.3 is 4.90 Å². The average molecular weight is 857 g/mol. The van der Waals surface area contributed by atoms with Gasteiger partial charge in [-0.25, -0.2) is 4.98 Å². The number of nitrogens with zero attached hydrogens (tertiary/aromatic N) is 4. The maximum atomic E-state index is 5.99. The van der Waals surface area contributed by atoms with E-state index in [9.17, 15) is 0 Å². The first-order valence-corrected chi connectivity index (χ1v) is 23.8. The van der Waals surface area contributed by atoms with Gasteiger partial charge in [0.1, 0.15) is 11.6 Å². The number of hydrogen-bond donors (Lipinski definition) is 0. The van der Waals surface area contributed by atoms with Crippen molar-refractivity contribution >= 4 is 57.5 Å². The summed E-state index contributed by atoms with van der Waals surface area (Å²) in [6, 6.07) is 48.8. The minimum Gasteiger partial charge on any atom is -0.311 e. The van der Waals surface area contributed by atoms with Crippen LogP contribution in [-0.4, -0.2) is 16.3 Å². The molecule has 0 saturated carbocycles. The van der Waals surface area contributed by atoms with Gasteiger partial charge in [-0.05, 0) is 133 Å². The van der Waals surface area contributed by atoms with Gasteiger partial charge in [0.15, 0.2) is 0 Å². The molecule has 65 heavy (non-hydrogen) atoms. The Morgan fingerprint density at radius 2 is 0.908 bits per heavy atom. The van der Waals surface area contributed by atoms with Crippen LogP contribution in [0, 0.1) is 6.92 Å². The Kier molecular flexibility index (Phi) is 10.3. The number of benzene rings is 6. The van der Waals surface area contributed by atoms with Gasteiger partial charge in [-0.3, -0.25) is 9.47 Å². The van der Waals surface area contributed by atoms with Crippen LogP contribution in [-0.2, 0) is 27.1 Å². The van der Waals surface area contributed by atoms with E-state index in [0.717, 1.165) is 39.9 Å². The lowest BCUT2D eigenvalue weighted by molar-refractivity contribution is 0.568. The zero-order chi connectivity index (χ0) is 46.8. The van der Waals surface area contributed by atoms with E-state index in [2.05, 4.69) is 253 Å². The lowest BCUT2D eigenvalue weighted by Crippen LogP contribution is -2.62. The second-order valence-electron chi connectivity index (χ2n) is 24.1. The molecule has 3 heterocycles. The fourth-order valence-corrected chi connectivity index (χ4v) is 9.79. The Labute approximate surface area is 390 Å².